The lowest BCUT2D eigenvalue weighted by molar-refractivity contribution is -0.130. The molecule has 1 atom stereocenters. The van der Waals surface area contributed by atoms with Crippen LogP contribution in [0.15, 0.2) is 29.3 Å². The van der Waals surface area contributed by atoms with E-state index in [-0.39, 0.29) is 35.2 Å². The molecular formula is C18H21N3O3S2. The van der Waals surface area contributed by atoms with Gasteiger partial charge in [0, 0.05) is 17.5 Å². The van der Waals surface area contributed by atoms with E-state index in [0.29, 0.717) is 12.2 Å². The number of carbonyl (C=O) groups is 1. The summed E-state index contributed by atoms with van der Waals surface area (Å²) in [6.07, 6.45) is 2.51. The van der Waals surface area contributed by atoms with E-state index in [2.05, 4.69) is 9.97 Å². The molecule has 0 radical (unpaired) electrons. The van der Waals surface area contributed by atoms with Crippen LogP contribution in [0.25, 0.3) is 10.9 Å². The van der Waals surface area contributed by atoms with Crippen LogP contribution < -0.4 is 0 Å². The van der Waals surface area contributed by atoms with Crippen molar-refractivity contribution in [3.8, 4) is 0 Å². The minimum absolute atomic E-state index is 0.0138. The predicted molar refractivity (Wildman–Crippen MR) is 102 cm³/mol. The van der Waals surface area contributed by atoms with Crippen molar-refractivity contribution in [1.29, 1.82) is 0 Å². The Morgan fingerprint density at radius 3 is 2.65 bits per heavy atom. The second-order valence-corrected chi connectivity index (χ2v) is 10.2. The zero-order valence-electron chi connectivity index (χ0n) is 14.6. The smallest absolute Gasteiger partial charge is 0.233 e. The molecule has 1 aliphatic heterocycles. The van der Waals surface area contributed by atoms with Gasteiger partial charge in [-0.2, -0.15) is 0 Å². The Morgan fingerprint density at radius 1 is 1.19 bits per heavy atom. The summed E-state index contributed by atoms with van der Waals surface area (Å²) in [4.78, 5) is 23.7. The first-order valence-corrected chi connectivity index (χ1v) is 11.6. The first-order chi connectivity index (χ1) is 12.4. The number of carbonyl (C=O) groups excluding carboxylic acids is 1. The van der Waals surface area contributed by atoms with Crippen LogP contribution in [-0.4, -0.2) is 58.5 Å². The summed E-state index contributed by atoms with van der Waals surface area (Å²) in [6.45, 7) is 1.85. The zero-order chi connectivity index (χ0) is 18.3. The molecule has 1 saturated carbocycles. The van der Waals surface area contributed by atoms with Gasteiger partial charge >= 0.3 is 0 Å². The summed E-state index contributed by atoms with van der Waals surface area (Å²) >= 11 is 1.41. The van der Waals surface area contributed by atoms with Crippen molar-refractivity contribution in [2.45, 2.75) is 43.3 Å². The highest BCUT2D eigenvalue weighted by Gasteiger charge is 2.41. The lowest BCUT2D eigenvalue weighted by atomic mass is 10.2. The monoisotopic (exact) mass is 391 g/mol. The predicted octanol–water partition coefficient (Wildman–Crippen LogP) is 2.21. The molecule has 8 heteroatoms. The number of sulfone groups is 1. The molecule has 6 nitrogen and oxygen atoms in total. The lowest BCUT2D eigenvalue weighted by Gasteiger charge is -2.28. The van der Waals surface area contributed by atoms with Crippen molar-refractivity contribution in [3.05, 3.63) is 30.1 Å². The highest BCUT2D eigenvalue weighted by molar-refractivity contribution is 8.00. The number of fused-ring (bicyclic) bond motifs is 1. The number of hydrogen-bond acceptors (Lipinski definition) is 6. The van der Waals surface area contributed by atoms with Crippen molar-refractivity contribution < 1.29 is 13.2 Å². The molecule has 0 N–H and O–H groups in total. The van der Waals surface area contributed by atoms with Gasteiger partial charge in [-0.1, -0.05) is 30.0 Å². The molecule has 1 aromatic carbocycles. The van der Waals surface area contributed by atoms with Gasteiger partial charge in [0.15, 0.2) is 9.84 Å². The van der Waals surface area contributed by atoms with E-state index in [0.717, 1.165) is 28.8 Å². The van der Waals surface area contributed by atoms with Crippen LogP contribution in [0.1, 0.15) is 25.1 Å². The number of nitrogens with zero attached hydrogens (tertiary/aromatic N) is 3. The minimum atomic E-state index is -3.00. The normalized spacial score (nSPS) is 21.8. The number of para-hydroxylation sites is 1. The molecule has 0 spiro atoms. The van der Waals surface area contributed by atoms with Crippen molar-refractivity contribution in [3.63, 3.8) is 0 Å². The average Bonchev–Trinajstić information content (AvgIpc) is 3.36. The van der Waals surface area contributed by atoms with Crippen LogP contribution >= 0.6 is 11.8 Å². The van der Waals surface area contributed by atoms with E-state index >= 15 is 0 Å². The van der Waals surface area contributed by atoms with Crippen LogP contribution in [0.5, 0.6) is 0 Å². The van der Waals surface area contributed by atoms with Gasteiger partial charge in [-0.25, -0.2) is 18.4 Å². The fourth-order valence-corrected chi connectivity index (χ4v) is 6.17. The molecule has 0 unspecified atom stereocenters. The van der Waals surface area contributed by atoms with E-state index in [9.17, 15) is 13.2 Å². The quantitative estimate of drug-likeness (QED) is 0.574. The zero-order valence-corrected chi connectivity index (χ0v) is 16.2. The Balaban J connectivity index is 1.51. The van der Waals surface area contributed by atoms with Crippen molar-refractivity contribution >= 4 is 38.4 Å². The minimum Gasteiger partial charge on any atom is -0.335 e. The Morgan fingerprint density at radius 2 is 1.96 bits per heavy atom. The van der Waals surface area contributed by atoms with Crippen LogP contribution in [0.3, 0.4) is 0 Å². The molecule has 4 rings (SSSR count). The van der Waals surface area contributed by atoms with Gasteiger partial charge in [0.05, 0.1) is 22.8 Å². The van der Waals surface area contributed by atoms with Crippen LogP contribution in [0.4, 0.5) is 0 Å². The standard InChI is InChI=1S/C18H21N3O3S2/c1-12-19-16-5-3-2-4-15(16)18(20-12)25-10-17(22)21(13-6-7-13)14-8-9-26(23,24)11-14/h2-5,13-14H,6-11H2,1H3/t14-/m0/s1. The topological polar surface area (TPSA) is 80.2 Å². The third kappa shape index (κ3) is 3.71. The third-order valence-corrected chi connectivity index (χ3v) is 7.57. The number of aryl methyl sites for hydroxylation is 1. The maximum atomic E-state index is 12.9. The first kappa shape index (κ1) is 17.7. The molecule has 1 aliphatic carbocycles. The molecule has 2 aliphatic rings. The van der Waals surface area contributed by atoms with Gasteiger partial charge in [0.25, 0.3) is 0 Å². The molecule has 1 amide bonds. The van der Waals surface area contributed by atoms with Crippen LogP contribution in [0.2, 0.25) is 0 Å². The molecule has 0 bridgehead atoms. The molecule has 1 aromatic heterocycles. The molecule has 138 valence electrons. The Labute approximate surface area is 157 Å². The number of aromatic nitrogens is 2. The van der Waals surface area contributed by atoms with Crippen LogP contribution in [-0.2, 0) is 14.6 Å². The summed E-state index contributed by atoms with van der Waals surface area (Å²) in [5, 5.41) is 1.74. The maximum absolute atomic E-state index is 12.9. The molecule has 2 aromatic rings. The second-order valence-electron chi connectivity index (χ2n) is 6.97. The van der Waals surface area contributed by atoms with Crippen molar-refractivity contribution in [1.82, 2.24) is 14.9 Å². The average molecular weight is 392 g/mol. The molecule has 1 saturated heterocycles. The Hall–Kier alpha value is -1.67. The van der Waals surface area contributed by atoms with E-state index < -0.39 is 9.84 Å². The molecular weight excluding hydrogens is 370 g/mol. The van der Waals surface area contributed by atoms with Gasteiger partial charge in [-0.15, -0.1) is 0 Å². The number of rotatable bonds is 5. The van der Waals surface area contributed by atoms with Gasteiger partial charge in [0.2, 0.25) is 5.91 Å². The van der Waals surface area contributed by atoms with Crippen molar-refractivity contribution in [2.75, 3.05) is 17.3 Å². The largest absolute Gasteiger partial charge is 0.335 e. The lowest BCUT2D eigenvalue weighted by Crippen LogP contribution is -2.43. The highest BCUT2D eigenvalue weighted by atomic mass is 32.2. The third-order valence-electron chi connectivity index (χ3n) is 4.84. The van der Waals surface area contributed by atoms with Gasteiger partial charge in [-0.05, 0) is 32.3 Å². The first-order valence-electron chi connectivity index (χ1n) is 8.81. The van der Waals surface area contributed by atoms with E-state index in [1.807, 2.05) is 36.1 Å². The summed E-state index contributed by atoms with van der Waals surface area (Å²) in [6, 6.07) is 7.82. The molecule has 26 heavy (non-hydrogen) atoms. The maximum Gasteiger partial charge on any atom is 0.233 e. The SMILES string of the molecule is Cc1nc(SCC(=O)N(C2CC2)[C@H]2CCS(=O)(=O)C2)c2ccccc2n1. The number of thioether (sulfide) groups is 1. The molecule has 2 heterocycles. The summed E-state index contributed by atoms with van der Waals surface area (Å²) in [5.74, 6) is 1.26. The number of hydrogen-bond donors (Lipinski definition) is 0. The van der Waals surface area contributed by atoms with E-state index in [1.165, 1.54) is 11.8 Å². The van der Waals surface area contributed by atoms with Gasteiger partial charge in [0.1, 0.15) is 10.9 Å². The fraction of sp³-hybridized carbons (Fsp3) is 0.500. The Bertz CT molecular complexity index is 957. The second kappa shape index (κ2) is 6.81. The number of amides is 1. The molecule has 2 fully saturated rings. The number of benzene rings is 1. The van der Waals surface area contributed by atoms with Crippen molar-refractivity contribution in [2.24, 2.45) is 0 Å². The fourth-order valence-electron chi connectivity index (χ4n) is 3.53. The van der Waals surface area contributed by atoms with Gasteiger partial charge in [-0.3, -0.25) is 4.79 Å². The van der Waals surface area contributed by atoms with E-state index in [4.69, 9.17) is 0 Å². The Kier molecular flexibility index (Phi) is 4.64. The van der Waals surface area contributed by atoms with Gasteiger partial charge < -0.3 is 4.90 Å². The highest BCUT2D eigenvalue weighted by Crippen LogP contribution is 2.34. The van der Waals surface area contributed by atoms with Crippen LogP contribution in [0, 0.1) is 6.92 Å². The summed E-state index contributed by atoms with van der Waals surface area (Å²) < 4.78 is 23.6. The summed E-state index contributed by atoms with van der Waals surface area (Å²) in [7, 11) is -3.00. The van der Waals surface area contributed by atoms with E-state index in [1.54, 1.807) is 0 Å². The summed E-state index contributed by atoms with van der Waals surface area (Å²) in [5.41, 5.74) is 0.871.